The van der Waals surface area contributed by atoms with Gasteiger partial charge in [0.05, 0.1) is 10.7 Å². The molecule has 0 saturated heterocycles. The van der Waals surface area contributed by atoms with Gasteiger partial charge in [-0.25, -0.2) is 9.18 Å². The predicted octanol–water partition coefficient (Wildman–Crippen LogP) is 7.34. The number of nitrogens with zero attached hydrogens (tertiary/aromatic N) is 1. The number of hydrogen-bond acceptors (Lipinski definition) is 4. The van der Waals surface area contributed by atoms with Crippen molar-refractivity contribution in [2.45, 2.75) is 31.2 Å². The maximum atomic E-state index is 14.1. The Kier molecular flexibility index (Phi) is 8.22. The molecular formula is C29H24ClF3N2O3. The third-order valence-corrected chi connectivity index (χ3v) is 6.01. The lowest BCUT2D eigenvalue weighted by Gasteiger charge is -2.35. The number of rotatable bonds is 9. The third kappa shape index (κ3) is 6.44. The SMILES string of the molecule is CC(F)C(F)(F)Oc1cccc([C@@](Cc2ccccc2)(NC(=O)Oc2ccccc2)c2ccc(Cl)cn2)c1. The van der Waals surface area contributed by atoms with E-state index in [1.807, 2.05) is 30.3 Å². The first-order chi connectivity index (χ1) is 18.2. The molecule has 1 heterocycles. The van der Waals surface area contributed by atoms with Gasteiger partial charge in [-0.15, -0.1) is 0 Å². The number of carbonyl (C=O) groups is 1. The first kappa shape index (κ1) is 27.0. The molecule has 4 aromatic rings. The third-order valence-electron chi connectivity index (χ3n) is 5.79. The van der Waals surface area contributed by atoms with Crippen molar-refractivity contribution in [1.82, 2.24) is 10.3 Å². The molecule has 1 N–H and O–H groups in total. The number of halogens is 4. The molecule has 9 heteroatoms. The molecule has 0 radical (unpaired) electrons. The van der Waals surface area contributed by atoms with Crippen LogP contribution in [0, 0.1) is 0 Å². The van der Waals surface area contributed by atoms with Gasteiger partial charge in [0, 0.05) is 12.6 Å². The lowest BCUT2D eigenvalue weighted by atomic mass is 9.80. The maximum Gasteiger partial charge on any atom is 0.429 e. The van der Waals surface area contributed by atoms with Crippen LogP contribution in [0.25, 0.3) is 0 Å². The lowest BCUT2D eigenvalue weighted by molar-refractivity contribution is -0.215. The Bertz CT molecular complexity index is 1360. The minimum absolute atomic E-state index is 0.158. The molecule has 5 nitrogen and oxygen atoms in total. The van der Waals surface area contributed by atoms with Crippen LogP contribution < -0.4 is 14.8 Å². The monoisotopic (exact) mass is 540 g/mol. The Hall–Kier alpha value is -4.04. The summed E-state index contributed by atoms with van der Waals surface area (Å²) in [5.41, 5.74) is 0.0891. The van der Waals surface area contributed by atoms with Crippen LogP contribution in [0.5, 0.6) is 11.5 Å². The normalized spacial score (nSPS) is 13.7. The van der Waals surface area contributed by atoms with Gasteiger partial charge in [-0.3, -0.25) is 4.98 Å². The number of para-hydroxylation sites is 1. The van der Waals surface area contributed by atoms with Crippen LogP contribution >= 0.6 is 11.6 Å². The summed E-state index contributed by atoms with van der Waals surface area (Å²) in [4.78, 5) is 17.7. The van der Waals surface area contributed by atoms with Gasteiger partial charge in [-0.1, -0.05) is 72.3 Å². The van der Waals surface area contributed by atoms with E-state index in [2.05, 4.69) is 10.3 Å². The highest BCUT2D eigenvalue weighted by Crippen LogP contribution is 2.36. The van der Waals surface area contributed by atoms with Gasteiger partial charge < -0.3 is 14.8 Å². The highest BCUT2D eigenvalue weighted by Gasteiger charge is 2.42. The molecule has 196 valence electrons. The van der Waals surface area contributed by atoms with Crippen LogP contribution in [-0.4, -0.2) is 23.4 Å². The zero-order valence-corrected chi connectivity index (χ0v) is 21.0. The van der Waals surface area contributed by atoms with Gasteiger partial charge in [-0.05, 0) is 54.4 Å². The van der Waals surface area contributed by atoms with Crippen LogP contribution in [0.2, 0.25) is 5.02 Å². The average molecular weight is 541 g/mol. The van der Waals surface area contributed by atoms with Gasteiger partial charge in [0.2, 0.25) is 6.17 Å². The number of nitrogens with one attached hydrogen (secondary N) is 1. The molecule has 1 amide bonds. The number of alkyl halides is 3. The second-order valence-electron chi connectivity index (χ2n) is 8.56. The molecule has 1 aromatic heterocycles. The number of pyridine rings is 1. The first-order valence-corrected chi connectivity index (χ1v) is 12.1. The Morgan fingerprint density at radius 2 is 1.61 bits per heavy atom. The molecule has 0 aliphatic rings. The van der Waals surface area contributed by atoms with Crippen molar-refractivity contribution in [2.24, 2.45) is 0 Å². The number of carbonyl (C=O) groups excluding carboxylic acids is 1. The van der Waals surface area contributed by atoms with Crippen molar-refractivity contribution in [2.75, 3.05) is 0 Å². The second-order valence-corrected chi connectivity index (χ2v) is 9.00. The highest BCUT2D eigenvalue weighted by molar-refractivity contribution is 6.30. The molecule has 0 fully saturated rings. The quantitative estimate of drug-likeness (QED) is 0.241. The number of amides is 1. The van der Waals surface area contributed by atoms with Gasteiger partial charge in [0.25, 0.3) is 0 Å². The molecule has 4 rings (SSSR count). The minimum atomic E-state index is -4.06. The van der Waals surface area contributed by atoms with Crippen molar-refractivity contribution < 1.29 is 27.4 Å². The molecule has 3 aromatic carbocycles. The maximum absolute atomic E-state index is 14.1. The summed E-state index contributed by atoms with van der Waals surface area (Å²) in [6, 6.07) is 26.6. The molecule has 0 saturated carbocycles. The Labute approximate surface area is 223 Å². The fourth-order valence-electron chi connectivity index (χ4n) is 3.91. The summed E-state index contributed by atoms with van der Waals surface area (Å²) in [7, 11) is 0. The number of ether oxygens (including phenoxy) is 2. The average Bonchev–Trinajstić information content (AvgIpc) is 2.89. The summed E-state index contributed by atoms with van der Waals surface area (Å²) < 4.78 is 51.9. The number of hydrogen-bond donors (Lipinski definition) is 1. The number of aromatic nitrogens is 1. The first-order valence-electron chi connectivity index (χ1n) is 11.7. The number of benzene rings is 3. The smallest absolute Gasteiger partial charge is 0.429 e. The Morgan fingerprint density at radius 1 is 0.947 bits per heavy atom. The minimum Gasteiger partial charge on any atom is -0.430 e. The van der Waals surface area contributed by atoms with E-state index < -0.39 is 23.9 Å². The lowest BCUT2D eigenvalue weighted by Crippen LogP contribution is -2.50. The fourth-order valence-corrected chi connectivity index (χ4v) is 4.02. The second kappa shape index (κ2) is 11.6. The zero-order valence-electron chi connectivity index (χ0n) is 20.3. The zero-order chi connectivity index (χ0) is 27.2. The van der Waals surface area contributed by atoms with E-state index in [9.17, 15) is 18.0 Å². The van der Waals surface area contributed by atoms with E-state index in [1.54, 1.807) is 48.5 Å². The molecule has 0 bridgehead atoms. The molecular weight excluding hydrogens is 517 g/mol. The van der Waals surface area contributed by atoms with E-state index in [0.717, 1.165) is 5.56 Å². The Balaban J connectivity index is 1.84. The summed E-state index contributed by atoms with van der Waals surface area (Å²) in [5, 5.41) is 3.27. The summed E-state index contributed by atoms with van der Waals surface area (Å²) >= 11 is 6.10. The summed E-state index contributed by atoms with van der Waals surface area (Å²) in [6.45, 7) is 0.711. The topological polar surface area (TPSA) is 60.5 Å². The van der Waals surface area contributed by atoms with Gasteiger partial charge >= 0.3 is 12.2 Å². The van der Waals surface area contributed by atoms with Crippen molar-refractivity contribution in [3.63, 3.8) is 0 Å². The van der Waals surface area contributed by atoms with Crippen LogP contribution in [0.15, 0.2) is 103 Å². The van der Waals surface area contributed by atoms with E-state index in [4.69, 9.17) is 21.1 Å². The van der Waals surface area contributed by atoms with Crippen molar-refractivity contribution >= 4 is 17.7 Å². The molecule has 0 aliphatic heterocycles. The van der Waals surface area contributed by atoms with Crippen LogP contribution in [0.3, 0.4) is 0 Å². The fraction of sp³-hybridized carbons (Fsp3) is 0.172. The largest absolute Gasteiger partial charge is 0.430 e. The summed E-state index contributed by atoms with van der Waals surface area (Å²) in [5.74, 6) is 0.0120. The predicted molar refractivity (Wildman–Crippen MR) is 138 cm³/mol. The van der Waals surface area contributed by atoms with Crippen molar-refractivity contribution in [3.05, 3.63) is 125 Å². The molecule has 0 aliphatic carbocycles. The van der Waals surface area contributed by atoms with E-state index in [0.29, 0.717) is 29.0 Å². The van der Waals surface area contributed by atoms with Crippen LogP contribution in [0.4, 0.5) is 18.0 Å². The van der Waals surface area contributed by atoms with Crippen molar-refractivity contribution in [3.8, 4) is 11.5 Å². The molecule has 0 spiro atoms. The van der Waals surface area contributed by atoms with Gasteiger partial charge in [0.1, 0.15) is 17.0 Å². The summed E-state index contributed by atoms with van der Waals surface area (Å²) in [6.07, 6.45) is -5.83. The van der Waals surface area contributed by atoms with Gasteiger partial charge in [0.15, 0.2) is 0 Å². The standard InChI is InChI=1S/C29H24ClF3N2O3/c1-20(31)29(32,33)38-25-14-8-11-22(17-25)28(18-21-9-4-2-5-10-21,26-16-15-23(30)19-34-26)35-27(36)37-24-12-6-3-7-13-24/h2-17,19-20H,18H2,1H3,(H,35,36)/t20?,28-/m1/s1. The van der Waals surface area contributed by atoms with Crippen molar-refractivity contribution in [1.29, 1.82) is 0 Å². The highest BCUT2D eigenvalue weighted by atomic mass is 35.5. The van der Waals surface area contributed by atoms with Crippen LogP contribution in [-0.2, 0) is 12.0 Å². The van der Waals surface area contributed by atoms with Crippen LogP contribution in [0.1, 0.15) is 23.7 Å². The molecule has 1 unspecified atom stereocenters. The van der Waals surface area contributed by atoms with E-state index >= 15 is 0 Å². The Morgan fingerprint density at radius 3 is 2.24 bits per heavy atom. The van der Waals surface area contributed by atoms with E-state index in [1.165, 1.54) is 24.4 Å². The van der Waals surface area contributed by atoms with E-state index in [-0.39, 0.29) is 12.2 Å². The van der Waals surface area contributed by atoms with Gasteiger partial charge in [-0.2, -0.15) is 8.78 Å². The molecule has 38 heavy (non-hydrogen) atoms. The molecule has 2 atom stereocenters.